The number of aliphatic hydroxyl groups excluding tert-OH is 2. The SMILES string of the molecule is C=CCOC12Oc3ccc(OCCN4CC4)cc3C3C(CCCCO)C(CCCCO)C=C(C(=NOC4CCCCO4)CC1N(Cc1ccc(F)cc1)C(=O)OCCCl)C32. The molecule has 14 heteroatoms. The number of fused-ring (bicyclic) bond motifs is 2. The number of aliphatic hydroxyl groups is 2. The monoisotopic (exact) mass is 853 g/mol. The number of unbranched alkanes of at least 4 members (excludes halogenated alkanes) is 2. The molecule has 2 aromatic rings. The lowest BCUT2D eigenvalue weighted by Crippen LogP contribution is -2.70. The van der Waals surface area contributed by atoms with Gasteiger partial charge >= 0.3 is 6.09 Å². The number of hydrogen-bond donors (Lipinski definition) is 2. The molecule has 0 bridgehead atoms. The molecule has 0 aromatic heterocycles. The molecular formula is C46H61ClFN3O9. The molecule has 1 amide bonds. The van der Waals surface area contributed by atoms with E-state index < -0.39 is 35.9 Å². The van der Waals surface area contributed by atoms with E-state index in [1.807, 2.05) is 12.1 Å². The van der Waals surface area contributed by atoms with Crippen LogP contribution in [0.4, 0.5) is 9.18 Å². The number of rotatable bonds is 22. The van der Waals surface area contributed by atoms with Crippen LogP contribution in [0.1, 0.15) is 81.3 Å². The van der Waals surface area contributed by atoms with E-state index >= 15 is 0 Å². The Bertz CT molecular complexity index is 1790. The number of halogens is 2. The summed E-state index contributed by atoms with van der Waals surface area (Å²) in [4.78, 5) is 24.6. The Balaban J connectivity index is 1.42. The zero-order valence-electron chi connectivity index (χ0n) is 34.6. The average Bonchev–Trinajstić information content (AvgIpc) is 4.10. The third-order valence-electron chi connectivity index (χ3n) is 12.5. The maximum atomic E-state index is 14.5. The standard InChI is InChI=1S/C46H61ClFN3O9/c1-2-24-58-46-41(51(45(54)57-26-18-47)31-32-12-14-34(48)15-13-32)30-39(49-60-42-11-5-8-25-56-42)37-28-33(9-3-6-22-52)36(10-4-7-23-53)43(44(37)46)38-29-35(16-17-40(38)59-46)55-27-21-50-19-20-50/h2,12-17,28-29,33,36,41-44,52-53H,1,3-11,18-27,30-31H2. The highest BCUT2D eigenvalue weighted by molar-refractivity contribution is 6.18. The lowest BCUT2D eigenvalue weighted by molar-refractivity contribution is -0.256. The number of allylic oxidation sites excluding steroid dienone is 1. The summed E-state index contributed by atoms with van der Waals surface area (Å²) in [5, 5.41) is 24.8. The van der Waals surface area contributed by atoms with Crippen LogP contribution in [0.5, 0.6) is 11.5 Å². The largest absolute Gasteiger partial charge is 0.492 e. The maximum Gasteiger partial charge on any atom is 0.410 e. The molecule has 7 atom stereocenters. The van der Waals surface area contributed by atoms with Gasteiger partial charge < -0.3 is 38.7 Å². The van der Waals surface area contributed by atoms with Gasteiger partial charge in [0, 0.05) is 63.7 Å². The lowest BCUT2D eigenvalue weighted by Gasteiger charge is -2.60. The van der Waals surface area contributed by atoms with Crippen molar-refractivity contribution in [3.05, 3.63) is 83.7 Å². The smallest absolute Gasteiger partial charge is 0.410 e. The molecule has 3 fully saturated rings. The van der Waals surface area contributed by atoms with Crippen LogP contribution in [-0.4, -0.2) is 115 Å². The van der Waals surface area contributed by atoms with Crippen LogP contribution in [0.3, 0.4) is 0 Å². The molecule has 1 saturated carbocycles. The minimum Gasteiger partial charge on any atom is -0.492 e. The third kappa shape index (κ3) is 10.5. The van der Waals surface area contributed by atoms with E-state index in [0.29, 0.717) is 49.5 Å². The Morgan fingerprint density at radius 1 is 1.07 bits per heavy atom. The van der Waals surface area contributed by atoms with Gasteiger partial charge in [-0.15, -0.1) is 18.2 Å². The van der Waals surface area contributed by atoms with Crippen molar-refractivity contribution in [2.45, 2.75) is 94.8 Å². The van der Waals surface area contributed by atoms with Crippen molar-refractivity contribution in [3.63, 3.8) is 0 Å². The summed E-state index contributed by atoms with van der Waals surface area (Å²) >= 11 is 6.07. The molecule has 328 valence electrons. The minimum atomic E-state index is -1.50. The van der Waals surface area contributed by atoms with Gasteiger partial charge in [-0.25, -0.2) is 9.18 Å². The van der Waals surface area contributed by atoms with Crippen LogP contribution >= 0.6 is 11.6 Å². The van der Waals surface area contributed by atoms with Gasteiger partial charge in [0.1, 0.15) is 36.6 Å². The van der Waals surface area contributed by atoms with Crippen LogP contribution in [0.25, 0.3) is 0 Å². The van der Waals surface area contributed by atoms with Crippen LogP contribution < -0.4 is 9.47 Å². The fourth-order valence-corrected chi connectivity index (χ4v) is 9.62. The number of nitrogens with zero attached hydrogens (tertiary/aromatic N) is 3. The summed E-state index contributed by atoms with van der Waals surface area (Å²) in [5.41, 5.74) is 3.21. The highest BCUT2D eigenvalue weighted by Gasteiger charge is 2.65. The first-order valence-corrected chi connectivity index (χ1v) is 22.4. The van der Waals surface area contributed by atoms with Crippen molar-refractivity contribution in [3.8, 4) is 11.5 Å². The number of amides is 1. The Hall–Kier alpha value is -3.72. The third-order valence-corrected chi connectivity index (χ3v) is 12.6. The average molecular weight is 854 g/mol. The van der Waals surface area contributed by atoms with Gasteiger partial charge in [0.05, 0.1) is 30.7 Å². The number of ether oxygens (including phenoxy) is 5. The van der Waals surface area contributed by atoms with Gasteiger partial charge in [0.25, 0.3) is 0 Å². The Labute approximate surface area is 358 Å². The minimum absolute atomic E-state index is 0.0273. The van der Waals surface area contributed by atoms with Crippen LogP contribution in [0, 0.1) is 23.6 Å². The second kappa shape index (κ2) is 21.4. The lowest BCUT2D eigenvalue weighted by atomic mass is 9.55. The Kier molecular flexibility index (Phi) is 15.8. The number of oxime groups is 1. The zero-order chi connectivity index (χ0) is 41.9. The molecule has 0 radical (unpaired) electrons. The zero-order valence-corrected chi connectivity index (χ0v) is 35.3. The van der Waals surface area contributed by atoms with E-state index in [1.165, 1.54) is 12.1 Å². The molecule has 3 heterocycles. The van der Waals surface area contributed by atoms with Crippen LogP contribution in [-0.2, 0) is 25.6 Å². The number of benzene rings is 2. The van der Waals surface area contributed by atoms with E-state index in [2.05, 4.69) is 23.6 Å². The molecule has 12 nitrogen and oxygen atoms in total. The highest BCUT2D eigenvalue weighted by atomic mass is 35.5. The molecular weight excluding hydrogens is 793 g/mol. The number of carbonyl (C=O) groups excluding carboxylic acids is 1. The van der Waals surface area contributed by atoms with Gasteiger partial charge in [0.15, 0.2) is 0 Å². The van der Waals surface area contributed by atoms with Crippen molar-refractivity contribution in [2.24, 2.45) is 22.9 Å². The van der Waals surface area contributed by atoms with E-state index in [4.69, 9.17) is 45.3 Å². The second-order valence-electron chi connectivity index (χ2n) is 16.4. The van der Waals surface area contributed by atoms with Crippen molar-refractivity contribution in [1.82, 2.24) is 9.80 Å². The van der Waals surface area contributed by atoms with E-state index in [9.17, 15) is 19.4 Å². The quantitative estimate of drug-likeness (QED) is 0.0403. The summed E-state index contributed by atoms with van der Waals surface area (Å²) in [6.45, 7) is 8.47. The molecule has 2 aromatic carbocycles. The maximum absolute atomic E-state index is 14.5. The summed E-state index contributed by atoms with van der Waals surface area (Å²) in [6, 6.07) is 11.2. The van der Waals surface area contributed by atoms with Gasteiger partial charge in [-0.3, -0.25) is 9.80 Å². The molecule has 2 saturated heterocycles. The van der Waals surface area contributed by atoms with E-state index in [0.717, 1.165) is 75.0 Å². The molecule has 7 unspecified atom stereocenters. The predicted molar refractivity (Wildman–Crippen MR) is 226 cm³/mol. The molecule has 7 rings (SSSR count). The fourth-order valence-electron chi connectivity index (χ4n) is 9.54. The number of alkyl halides is 1. The van der Waals surface area contributed by atoms with Gasteiger partial charge in [-0.2, -0.15) is 0 Å². The highest BCUT2D eigenvalue weighted by Crippen LogP contribution is 2.62. The van der Waals surface area contributed by atoms with Crippen molar-refractivity contribution in [2.75, 3.05) is 65.2 Å². The van der Waals surface area contributed by atoms with Crippen LogP contribution in [0.2, 0.25) is 0 Å². The molecule has 3 aliphatic heterocycles. The summed E-state index contributed by atoms with van der Waals surface area (Å²) < 4.78 is 46.8. The van der Waals surface area contributed by atoms with Crippen LogP contribution in [0.15, 0.2) is 71.9 Å². The van der Waals surface area contributed by atoms with E-state index in [1.54, 1.807) is 23.1 Å². The fraction of sp³-hybridized carbons (Fsp3) is 0.609. The van der Waals surface area contributed by atoms with Crippen molar-refractivity contribution >= 4 is 23.4 Å². The molecule has 2 N–H and O–H groups in total. The summed E-state index contributed by atoms with van der Waals surface area (Å²) in [5.74, 6) is -1.06. The summed E-state index contributed by atoms with van der Waals surface area (Å²) in [7, 11) is 0. The normalized spacial score (nSPS) is 27.5. The molecule has 0 spiro atoms. The van der Waals surface area contributed by atoms with Crippen molar-refractivity contribution < 1.29 is 47.9 Å². The van der Waals surface area contributed by atoms with Gasteiger partial charge in [-0.05, 0) is 91.8 Å². The van der Waals surface area contributed by atoms with E-state index in [-0.39, 0.29) is 63.0 Å². The van der Waals surface area contributed by atoms with Gasteiger partial charge in [-0.1, -0.05) is 42.3 Å². The molecule has 60 heavy (non-hydrogen) atoms. The van der Waals surface area contributed by atoms with Crippen molar-refractivity contribution in [1.29, 1.82) is 0 Å². The molecule has 2 aliphatic carbocycles. The first-order chi connectivity index (χ1) is 29.4. The number of hydrogen-bond acceptors (Lipinski definition) is 11. The topological polar surface area (TPSA) is 132 Å². The Morgan fingerprint density at radius 3 is 2.58 bits per heavy atom. The second-order valence-corrected chi connectivity index (χ2v) is 16.8. The first kappa shape index (κ1) is 44.3. The number of carbonyl (C=O) groups is 1. The summed E-state index contributed by atoms with van der Waals surface area (Å²) in [6.07, 6.45) is 10.2. The molecule has 5 aliphatic rings. The Morgan fingerprint density at radius 2 is 1.87 bits per heavy atom. The van der Waals surface area contributed by atoms with Gasteiger partial charge in [0.2, 0.25) is 12.1 Å². The first-order valence-electron chi connectivity index (χ1n) is 21.8. The predicted octanol–water partition coefficient (Wildman–Crippen LogP) is 7.56.